The molecule has 142 valence electrons. The van der Waals surface area contributed by atoms with Crippen LogP contribution in [0.15, 0.2) is 35.1 Å². The van der Waals surface area contributed by atoms with Gasteiger partial charge < -0.3 is 0 Å². The molecule has 1 aliphatic heterocycles. The Bertz CT molecular complexity index is 995. The summed E-state index contributed by atoms with van der Waals surface area (Å²) in [5.74, 6) is 0. The van der Waals surface area contributed by atoms with Gasteiger partial charge in [-0.25, -0.2) is 4.98 Å². The number of hydrogen-bond donors (Lipinski definition) is 0. The van der Waals surface area contributed by atoms with E-state index < -0.39 is 0 Å². The lowest BCUT2D eigenvalue weighted by Gasteiger charge is -2.22. The summed E-state index contributed by atoms with van der Waals surface area (Å²) in [7, 11) is 0. The van der Waals surface area contributed by atoms with Crippen molar-refractivity contribution in [3.63, 3.8) is 0 Å². The molecule has 0 N–H and O–H groups in total. The second-order valence-corrected chi connectivity index (χ2v) is 8.30. The summed E-state index contributed by atoms with van der Waals surface area (Å²) in [5, 5.41) is 5.44. The molecule has 0 saturated carbocycles. The second-order valence-electron chi connectivity index (χ2n) is 7.26. The smallest absolute Gasteiger partial charge is 0.275 e. The Balaban J connectivity index is 1.41. The summed E-state index contributed by atoms with van der Waals surface area (Å²) >= 11 is 1.52. The van der Waals surface area contributed by atoms with Gasteiger partial charge in [0.2, 0.25) is 4.96 Å². The minimum absolute atomic E-state index is 0.0970. The lowest BCUT2D eigenvalue weighted by Crippen LogP contribution is -2.30. The summed E-state index contributed by atoms with van der Waals surface area (Å²) in [6.45, 7) is 10.1. The Labute approximate surface area is 163 Å². The van der Waals surface area contributed by atoms with Gasteiger partial charge >= 0.3 is 0 Å². The Hall–Kier alpha value is -2.09. The van der Waals surface area contributed by atoms with Crippen molar-refractivity contribution in [3.8, 4) is 0 Å². The zero-order chi connectivity index (χ0) is 18.8. The third-order valence-electron chi connectivity index (χ3n) is 5.11. The monoisotopic (exact) mass is 383 g/mol. The van der Waals surface area contributed by atoms with Crippen molar-refractivity contribution in [1.29, 1.82) is 0 Å². The number of rotatable bonds is 4. The average Bonchev–Trinajstić information content (AvgIpc) is 2.90. The first-order chi connectivity index (χ1) is 13.1. The minimum Gasteiger partial charge on any atom is -0.298 e. The molecule has 1 fully saturated rings. The fourth-order valence-corrected chi connectivity index (χ4v) is 4.57. The van der Waals surface area contributed by atoms with Crippen LogP contribution in [0.25, 0.3) is 4.96 Å². The van der Waals surface area contributed by atoms with Crippen molar-refractivity contribution in [2.24, 2.45) is 0 Å². The zero-order valence-corrected chi connectivity index (χ0v) is 16.7. The molecule has 1 aromatic carbocycles. The summed E-state index contributed by atoms with van der Waals surface area (Å²) in [6.07, 6.45) is 1.15. The lowest BCUT2D eigenvalue weighted by atomic mass is 10.1. The molecule has 4 rings (SSSR count). The van der Waals surface area contributed by atoms with E-state index in [1.165, 1.54) is 33.0 Å². The van der Waals surface area contributed by atoms with Crippen LogP contribution in [-0.2, 0) is 13.1 Å². The summed E-state index contributed by atoms with van der Waals surface area (Å²) < 4.78 is 1.43. The maximum Gasteiger partial charge on any atom is 0.275 e. The number of hydrogen-bond acceptors (Lipinski definition) is 6. The molecule has 1 aliphatic rings. The van der Waals surface area contributed by atoms with Crippen LogP contribution in [0.1, 0.15) is 28.2 Å². The van der Waals surface area contributed by atoms with Crippen LogP contribution in [-0.4, -0.2) is 50.6 Å². The van der Waals surface area contributed by atoms with E-state index in [9.17, 15) is 4.79 Å². The topological polar surface area (TPSA) is 53.7 Å². The summed E-state index contributed by atoms with van der Waals surface area (Å²) in [5.41, 5.74) is 3.43. The number of fused-ring (bicyclic) bond motifs is 1. The highest BCUT2D eigenvalue weighted by atomic mass is 32.1. The molecule has 6 nitrogen and oxygen atoms in total. The van der Waals surface area contributed by atoms with E-state index in [0.717, 1.165) is 56.4 Å². The molecule has 3 heterocycles. The Morgan fingerprint density at radius 3 is 2.56 bits per heavy atom. The summed E-state index contributed by atoms with van der Waals surface area (Å²) in [4.78, 5) is 22.1. The molecule has 0 bridgehead atoms. The molecule has 7 heteroatoms. The van der Waals surface area contributed by atoms with Gasteiger partial charge in [0.05, 0.1) is 6.54 Å². The molecule has 0 radical (unpaired) electrons. The van der Waals surface area contributed by atoms with Gasteiger partial charge in [-0.15, -0.1) is 0 Å². The molecule has 0 spiro atoms. The van der Waals surface area contributed by atoms with E-state index in [4.69, 9.17) is 0 Å². The minimum atomic E-state index is -0.0970. The highest BCUT2D eigenvalue weighted by Gasteiger charge is 2.17. The van der Waals surface area contributed by atoms with Crippen molar-refractivity contribution >= 4 is 16.3 Å². The normalized spacial score (nSPS) is 16.7. The number of nitrogens with zero attached hydrogens (tertiary/aromatic N) is 5. The van der Waals surface area contributed by atoms with Gasteiger partial charge in [0.1, 0.15) is 5.01 Å². The first-order valence-electron chi connectivity index (χ1n) is 9.44. The van der Waals surface area contributed by atoms with Crippen LogP contribution in [0.2, 0.25) is 0 Å². The van der Waals surface area contributed by atoms with Crippen molar-refractivity contribution in [3.05, 3.63) is 62.5 Å². The van der Waals surface area contributed by atoms with Crippen molar-refractivity contribution in [1.82, 2.24) is 24.4 Å². The van der Waals surface area contributed by atoms with Crippen LogP contribution >= 0.6 is 11.3 Å². The predicted molar refractivity (Wildman–Crippen MR) is 108 cm³/mol. The molecule has 27 heavy (non-hydrogen) atoms. The molecule has 3 aromatic rings. The van der Waals surface area contributed by atoms with Gasteiger partial charge in [0.25, 0.3) is 5.56 Å². The van der Waals surface area contributed by atoms with Gasteiger partial charge in [-0.05, 0) is 44.5 Å². The summed E-state index contributed by atoms with van der Waals surface area (Å²) in [6, 6.07) is 10.2. The average molecular weight is 384 g/mol. The first-order valence-corrected chi connectivity index (χ1v) is 10.3. The largest absolute Gasteiger partial charge is 0.298 e. The first kappa shape index (κ1) is 18.3. The van der Waals surface area contributed by atoms with E-state index in [-0.39, 0.29) is 5.56 Å². The molecular formula is C20H25N5OS. The molecule has 0 amide bonds. The molecule has 1 saturated heterocycles. The van der Waals surface area contributed by atoms with E-state index in [1.54, 1.807) is 0 Å². The Morgan fingerprint density at radius 1 is 1.04 bits per heavy atom. The zero-order valence-electron chi connectivity index (χ0n) is 15.9. The lowest BCUT2D eigenvalue weighted by molar-refractivity contribution is 0.246. The van der Waals surface area contributed by atoms with Crippen LogP contribution in [0, 0.1) is 13.8 Å². The van der Waals surface area contributed by atoms with Crippen molar-refractivity contribution < 1.29 is 0 Å². The standard InChI is InChI=1S/C20H25N5OS/c1-15-6-3-4-7-17(15)13-23-8-5-9-24(11-10-23)14-18-22-25-19(26)12-16(2)21-20(25)27-18/h3-4,6-7,12H,5,8-11,13-14H2,1-2H3. The highest BCUT2D eigenvalue weighted by Crippen LogP contribution is 2.17. The number of aromatic nitrogens is 3. The SMILES string of the molecule is Cc1cc(=O)n2nc(CN3CCCN(Cc4ccccc4C)CC3)sc2n1. The third-order valence-corrected chi connectivity index (χ3v) is 6.00. The van der Waals surface area contributed by atoms with E-state index in [1.807, 2.05) is 6.92 Å². The van der Waals surface area contributed by atoms with Gasteiger partial charge in [-0.3, -0.25) is 14.6 Å². The van der Waals surface area contributed by atoms with E-state index >= 15 is 0 Å². The van der Waals surface area contributed by atoms with Gasteiger partial charge in [-0.2, -0.15) is 9.61 Å². The third kappa shape index (κ3) is 4.26. The second kappa shape index (κ2) is 7.88. The van der Waals surface area contributed by atoms with Crippen molar-refractivity contribution in [2.45, 2.75) is 33.4 Å². The maximum absolute atomic E-state index is 12.1. The molecule has 0 atom stereocenters. The van der Waals surface area contributed by atoms with E-state index in [2.05, 4.69) is 51.1 Å². The molecule has 0 unspecified atom stereocenters. The molecular weight excluding hydrogens is 358 g/mol. The van der Waals surface area contributed by atoms with Crippen LogP contribution in [0.5, 0.6) is 0 Å². The Kier molecular flexibility index (Phi) is 5.33. The fourth-order valence-electron chi connectivity index (χ4n) is 3.58. The quantitative estimate of drug-likeness (QED) is 0.693. The molecule has 2 aromatic heterocycles. The van der Waals surface area contributed by atoms with Crippen LogP contribution in [0.3, 0.4) is 0 Å². The Morgan fingerprint density at radius 2 is 1.78 bits per heavy atom. The van der Waals surface area contributed by atoms with E-state index in [0.29, 0.717) is 4.96 Å². The van der Waals surface area contributed by atoms with Gasteiger partial charge in [0, 0.05) is 31.4 Å². The fraction of sp³-hybridized carbons (Fsp3) is 0.450. The van der Waals surface area contributed by atoms with Gasteiger partial charge in [0.15, 0.2) is 0 Å². The maximum atomic E-state index is 12.1. The molecule has 0 aliphatic carbocycles. The highest BCUT2D eigenvalue weighted by molar-refractivity contribution is 7.16. The van der Waals surface area contributed by atoms with Crippen molar-refractivity contribution in [2.75, 3.05) is 26.2 Å². The number of benzene rings is 1. The van der Waals surface area contributed by atoms with Gasteiger partial charge in [-0.1, -0.05) is 35.6 Å². The van der Waals surface area contributed by atoms with Crippen LogP contribution < -0.4 is 5.56 Å². The predicted octanol–water partition coefficient (Wildman–Crippen LogP) is 2.48. The number of aryl methyl sites for hydroxylation is 2. The van der Waals surface area contributed by atoms with Crippen LogP contribution in [0.4, 0.5) is 0 Å².